The average molecular weight is 333 g/mol. The number of urea groups is 1. The predicted octanol–water partition coefficient (Wildman–Crippen LogP) is 2.72. The Kier molecular flexibility index (Phi) is 7.53. The van der Waals surface area contributed by atoms with Gasteiger partial charge < -0.3 is 15.0 Å². The number of rotatable bonds is 6. The van der Waals surface area contributed by atoms with Crippen LogP contribution in [0.3, 0.4) is 0 Å². The molecule has 2 rings (SSSR count). The lowest BCUT2D eigenvalue weighted by Gasteiger charge is -2.28. The predicted molar refractivity (Wildman–Crippen MR) is 97.0 cm³/mol. The summed E-state index contributed by atoms with van der Waals surface area (Å²) in [6.07, 6.45) is 1.84. The average Bonchev–Trinajstić information content (AvgIpc) is 2.80. The van der Waals surface area contributed by atoms with Crippen LogP contribution >= 0.6 is 0 Å². The summed E-state index contributed by atoms with van der Waals surface area (Å²) in [5, 5.41) is 3.06. The van der Waals surface area contributed by atoms with E-state index in [4.69, 9.17) is 4.74 Å². The van der Waals surface area contributed by atoms with E-state index in [2.05, 4.69) is 55.4 Å². The number of hydrogen-bond acceptors (Lipinski definition) is 3. The number of carbonyl (C=O) groups excluding carboxylic acids is 1. The van der Waals surface area contributed by atoms with Crippen LogP contribution in [0.15, 0.2) is 30.3 Å². The zero-order chi connectivity index (χ0) is 17.4. The highest BCUT2D eigenvalue weighted by molar-refractivity contribution is 5.74. The van der Waals surface area contributed by atoms with Crippen molar-refractivity contribution in [3.63, 3.8) is 0 Å². The smallest absolute Gasteiger partial charge is 0.317 e. The Morgan fingerprint density at radius 2 is 2.12 bits per heavy atom. The van der Waals surface area contributed by atoms with Gasteiger partial charge in [-0.3, -0.25) is 4.90 Å². The number of amides is 2. The van der Waals surface area contributed by atoms with Gasteiger partial charge in [-0.05, 0) is 39.3 Å². The Bertz CT molecular complexity index is 495. The van der Waals surface area contributed by atoms with Crippen molar-refractivity contribution in [2.45, 2.75) is 45.3 Å². The van der Waals surface area contributed by atoms with Crippen molar-refractivity contribution in [3.05, 3.63) is 35.9 Å². The van der Waals surface area contributed by atoms with E-state index in [1.165, 1.54) is 5.56 Å². The Labute approximate surface area is 146 Å². The molecule has 1 aromatic rings. The van der Waals surface area contributed by atoms with E-state index in [9.17, 15) is 4.79 Å². The standard InChI is InChI=1S/C19H31N3O2/c1-16(21(3)15-18-7-5-4-6-8-18)9-11-20-19(23)22-12-14-24-13-10-17(22)2/h4-8,16-17H,9-15H2,1-3H3,(H,20,23)/t16-,17+/m1/s1. The normalized spacial score (nSPS) is 19.8. The highest BCUT2D eigenvalue weighted by Crippen LogP contribution is 2.10. The summed E-state index contributed by atoms with van der Waals surface area (Å²) in [6, 6.07) is 11.2. The van der Waals surface area contributed by atoms with E-state index in [0.717, 1.165) is 26.0 Å². The highest BCUT2D eigenvalue weighted by atomic mass is 16.5. The van der Waals surface area contributed by atoms with Crippen LogP contribution in [0, 0.1) is 0 Å². The molecule has 0 radical (unpaired) electrons. The molecule has 2 atom stereocenters. The quantitative estimate of drug-likeness (QED) is 0.870. The van der Waals surface area contributed by atoms with Gasteiger partial charge in [0.05, 0.1) is 6.61 Å². The van der Waals surface area contributed by atoms with Crippen LogP contribution in [0.5, 0.6) is 0 Å². The fourth-order valence-corrected chi connectivity index (χ4v) is 2.93. The molecule has 2 amide bonds. The maximum absolute atomic E-state index is 12.3. The van der Waals surface area contributed by atoms with Crippen molar-refractivity contribution in [1.29, 1.82) is 0 Å². The first-order chi connectivity index (χ1) is 11.6. The number of carbonyl (C=O) groups is 1. The van der Waals surface area contributed by atoms with Crippen molar-refractivity contribution in [1.82, 2.24) is 15.1 Å². The van der Waals surface area contributed by atoms with Crippen LogP contribution in [0.25, 0.3) is 0 Å². The molecule has 1 fully saturated rings. The number of hydrogen-bond donors (Lipinski definition) is 1. The van der Waals surface area contributed by atoms with Crippen LogP contribution in [-0.4, -0.2) is 61.3 Å². The maximum atomic E-state index is 12.3. The van der Waals surface area contributed by atoms with E-state index >= 15 is 0 Å². The van der Waals surface area contributed by atoms with Crippen molar-refractivity contribution in [3.8, 4) is 0 Å². The van der Waals surface area contributed by atoms with Gasteiger partial charge in [-0.2, -0.15) is 0 Å². The van der Waals surface area contributed by atoms with Crippen molar-refractivity contribution >= 4 is 6.03 Å². The molecule has 1 aliphatic heterocycles. The van der Waals surface area contributed by atoms with Gasteiger partial charge in [0.1, 0.15) is 0 Å². The number of benzene rings is 1. The lowest BCUT2D eigenvalue weighted by Crippen LogP contribution is -2.46. The van der Waals surface area contributed by atoms with E-state index in [1.54, 1.807) is 0 Å². The Morgan fingerprint density at radius 3 is 2.88 bits per heavy atom. The zero-order valence-corrected chi connectivity index (χ0v) is 15.2. The van der Waals surface area contributed by atoms with Gasteiger partial charge in [-0.25, -0.2) is 4.79 Å². The molecular weight excluding hydrogens is 302 g/mol. The second-order valence-electron chi connectivity index (χ2n) is 6.71. The minimum atomic E-state index is 0.0333. The molecule has 24 heavy (non-hydrogen) atoms. The van der Waals surface area contributed by atoms with Crippen molar-refractivity contribution < 1.29 is 9.53 Å². The molecule has 1 N–H and O–H groups in total. The van der Waals surface area contributed by atoms with Gasteiger partial charge in [0.25, 0.3) is 0 Å². The summed E-state index contributed by atoms with van der Waals surface area (Å²) in [4.78, 5) is 16.6. The SMILES string of the molecule is C[C@H](CCNC(=O)N1CCOCC[C@@H]1C)N(C)Cc1ccccc1. The fraction of sp³-hybridized carbons (Fsp3) is 0.632. The lowest BCUT2D eigenvalue weighted by molar-refractivity contribution is 0.141. The molecule has 1 aliphatic rings. The number of nitrogens with one attached hydrogen (secondary N) is 1. The highest BCUT2D eigenvalue weighted by Gasteiger charge is 2.22. The molecule has 0 unspecified atom stereocenters. The monoisotopic (exact) mass is 333 g/mol. The molecule has 5 nitrogen and oxygen atoms in total. The summed E-state index contributed by atoms with van der Waals surface area (Å²) < 4.78 is 5.45. The van der Waals surface area contributed by atoms with Crippen LogP contribution in [0.2, 0.25) is 0 Å². The molecule has 1 saturated heterocycles. The Morgan fingerprint density at radius 1 is 1.38 bits per heavy atom. The Hall–Kier alpha value is -1.59. The summed E-state index contributed by atoms with van der Waals surface area (Å²) >= 11 is 0. The minimum absolute atomic E-state index is 0.0333. The van der Waals surface area contributed by atoms with Crippen molar-refractivity contribution in [2.75, 3.05) is 33.4 Å². The third-order valence-corrected chi connectivity index (χ3v) is 4.81. The first-order valence-corrected chi connectivity index (χ1v) is 8.94. The van der Waals surface area contributed by atoms with E-state index in [-0.39, 0.29) is 12.1 Å². The lowest BCUT2D eigenvalue weighted by atomic mass is 10.1. The topological polar surface area (TPSA) is 44.8 Å². The summed E-state index contributed by atoms with van der Waals surface area (Å²) in [5.41, 5.74) is 1.31. The van der Waals surface area contributed by atoms with Gasteiger partial charge in [0.2, 0.25) is 0 Å². The van der Waals surface area contributed by atoms with Gasteiger partial charge in [0.15, 0.2) is 0 Å². The zero-order valence-electron chi connectivity index (χ0n) is 15.2. The van der Waals surface area contributed by atoms with Crippen LogP contribution < -0.4 is 5.32 Å². The first kappa shape index (κ1) is 18.7. The third kappa shape index (κ3) is 5.80. The second kappa shape index (κ2) is 9.64. The van der Waals surface area contributed by atoms with Crippen molar-refractivity contribution in [2.24, 2.45) is 0 Å². The van der Waals surface area contributed by atoms with Gasteiger partial charge >= 0.3 is 6.03 Å². The minimum Gasteiger partial charge on any atom is -0.380 e. The van der Waals surface area contributed by atoms with E-state index < -0.39 is 0 Å². The van der Waals surface area contributed by atoms with Gasteiger partial charge in [-0.15, -0.1) is 0 Å². The Balaban J connectivity index is 1.71. The maximum Gasteiger partial charge on any atom is 0.317 e. The van der Waals surface area contributed by atoms with Crippen LogP contribution in [-0.2, 0) is 11.3 Å². The summed E-state index contributed by atoms with van der Waals surface area (Å²) in [7, 11) is 2.13. The molecule has 0 spiro atoms. The van der Waals surface area contributed by atoms with Gasteiger partial charge in [0, 0.05) is 38.3 Å². The van der Waals surface area contributed by atoms with Crippen LogP contribution in [0.4, 0.5) is 4.79 Å². The molecule has 0 aliphatic carbocycles. The third-order valence-electron chi connectivity index (χ3n) is 4.81. The largest absolute Gasteiger partial charge is 0.380 e. The fourth-order valence-electron chi connectivity index (χ4n) is 2.93. The van der Waals surface area contributed by atoms with Gasteiger partial charge in [-0.1, -0.05) is 30.3 Å². The molecule has 0 saturated carbocycles. The molecule has 1 heterocycles. The first-order valence-electron chi connectivity index (χ1n) is 8.94. The van der Waals surface area contributed by atoms with Crippen LogP contribution in [0.1, 0.15) is 32.3 Å². The summed E-state index contributed by atoms with van der Waals surface area (Å²) in [6.45, 7) is 7.97. The molecule has 134 valence electrons. The van der Waals surface area contributed by atoms with E-state index in [1.807, 2.05) is 11.0 Å². The molecule has 1 aromatic carbocycles. The molecule has 0 bridgehead atoms. The summed E-state index contributed by atoms with van der Waals surface area (Å²) in [5.74, 6) is 0. The molecule has 0 aromatic heterocycles. The molecular formula is C19H31N3O2. The van der Waals surface area contributed by atoms with E-state index in [0.29, 0.717) is 25.7 Å². The molecule has 5 heteroatoms. The number of ether oxygens (including phenoxy) is 1. The number of nitrogens with zero attached hydrogens (tertiary/aromatic N) is 2. The second-order valence-corrected chi connectivity index (χ2v) is 6.71.